The van der Waals surface area contributed by atoms with E-state index in [2.05, 4.69) is 0 Å². The molecule has 2 aromatic rings. The third kappa shape index (κ3) is 3.21. The Labute approximate surface area is 121 Å². The fourth-order valence-electron chi connectivity index (χ4n) is 1.66. The summed E-state index contributed by atoms with van der Waals surface area (Å²) in [5.74, 6) is -0.209. The van der Waals surface area contributed by atoms with E-state index in [1.54, 1.807) is 30.3 Å². The number of rotatable bonds is 3. The number of nitrogens with two attached hydrogens (primary N) is 1. The second-order valence-corrected chi connectivity index (χ2v) is 6.83. The number of hydrogen-bond acceptors (Lipinski definition) is 3. The second-order valence-electron chi connectivity index (χ2n) is 4.03. The Morgan fingerprint density at radius 1 is 1.05 bits per heavy atom. The third-order valence-electron chi connectivity index (χ3n) is 2.63. The van der Waals surface area contributed by atoms with E-state index in [-0.39, 0.29) is 15.7 Å². The average molecular weight is 316 g/mol. The van der Waals surface area contributed by atoms with Crippen LogP contribution in [-0.2, 0) is 15.6 Å². The van der Waals surface area contributed by atoms with Crippen LogP contribution in [0.15, 0.2) is 47.4 Å². The standard InChI is InChI=1S/C13H11Cl2NO2S/c14-10-5-6-11(15)13(7-10)19(17,18)8-9-3-1-2-4-12(9)16/h1-7H,8,16H2. The average Bonchev–Trinajstić information content (AvgIpc) is 2.35. The van der Waals surface area contributed by atoms with Crippen LogP contribution in [0.25, 0.3) is 0 Å². The molecule has 0 bridgehead atoms. The smallest absolute Gasteiger partial charge is 0.184 e. The van der Waals surface area contributed by atoms with Gasteiger partial charge < -0.3 is 5.73 Å². The summed E-state index contributed by atoms with van der Waals surface area (Å²) in [7, 11) is -3.59. The topological polar surface area (TPSA) is 60.2 Å². The zero-order chi connectivity index (χ0) is 14.0. The van der Waals surface area contributed by atoms with E-state index in [4.69, 9.17) is 28.9 Å². The Morgan fingerprint density at radius 2 is 1.74 bits per heavy atom. The summed E-state index contributed by atoms with van der Waals surface area (Å²) in [5.41, 5.74) is 6.73. The van der Waals surface area contributed by atoms with E-state index in [1.807, 2.05) is 0 Å². The van der Waals surface area contributed by atoms with Crippen molar-refractivity contribution in [3.8, 4) is 0 Å². The first-order valence-electron chi connectivity index (χ1n) is 5.41. The summed E-state index contributed by atoms with van der Waals surface area (Å²) in [6.45, 7) is 0. The highest BCUT2D eigenvalue weighted by atomic mass is 35.5. The zero-order valence-corrected chi connectivity index (χ0v) is 12.1. The molecule has 0 saturated heterocycles. The van der Waals surface area contributed by atoms with E-state index < -0.39 is 9.84 Å². The van der Waals surface area contributed by atoms with Crippen molar-refractivity contribution in [3.63, 3.8) is 0 Å². The van der Waals surface area contributed by atoms with Crippen molar-refractivity contribution in [2.75, 3.05) is 5.73 Å². The highest BCUT2D eigenvalue weighted by Crippen LogP contribution is 2.28. The SMILES string of the molecule is Nc1ccccc1CS(=O)(=O)c1cc(Cl)ccc1Cl. The number of halogens is 2. The maximum absolute atomic E-state index is 12.3. The molecule has 0 unspecified atom stereocenters. The van der Waals surface area contributed by atoms with E-state index in [1.165, 1.54) is 12.1 Å². The van der Waals surface area contributed by atoms with Crippen LogP contribution in [-0.4, -0.2) is 8.42 Å². The molecule has 0 aromatic heterocycles. The molecule has 100 valence electrons. The normalized spacial score (nSPS) is 11.5. The predicted molar refractivity (Wildman–Crippen MR) is 78.2 cm³/mol. The van der Waals surface area contributed by atoms with Crippen molar-refractivity contribution in [2.45, 2.75) is 10.6 Å². The minimum absolute atomic E-state index is 0.0184. The molecular formula is C13H11Cl2NO2S. The van der Waals surface area contributed by atoms with E-state index in [0.29, 0.717) is 16.3 Å². The molecule has 0 atom stereocenters. The second kappa shape index (κ2) is 5.41. The van der Waals surface area contributed by atoms with Gasteiger partial charge in [0.25, 0.3) is 0 Å². The third-order valence-corrected chi connectivity index (χ3v) is 5.00. The Balaban J connectivity index is 2.44. The van der Waals surface area contributed by atoms with E-state index >= 15 is 0 Å². The van der Waals surface area contributed by atoms with Gasteiger partial charge in [0.15, 0.2) is 9.84 Å². The lowest BCUT2D eigenvalue weighted by Crippen LogP contribution is -2.07. The molecule has 0 amide bonds. The Morgan fingerprint density at radius 3 is 2.42 bits per heavy atom. The maximum atomic E-state index is 12.3. The number of sulfone groups is 1. The van der Waals surface area contributed by atoms with Crippen molar-refractivity contribution >= 4 is 38.7 Å². The summed E-state index contributed by atoms with van der Waals surface area (Å²) in [4.78, 5) is 0.0184. The molecule has 0 saturated carbocycles. The van der Waals surface area contributed by atoms with Crippen LogP contribution < -0.4 is 5.73 Å². The fourth-order valence-corrected chi connectivity index (χ4v) is 3.87. The summed E-state index contributed by atoms with van der Waals surface area (Å²) < 4.78 is 24.7. The van der Waals surface area contributed by atoms with Crippen LogP contribution in [0, 0.1) is 0 Å². The molecule has 2 N–H and O–H groups in total. The number of anilines is 1. The molecular weight excluding hydrogens is 305 g/mol. The molecule has 0 radical (unpaired) electrons. The van der Waals surface area contributed by atoms with Crippen LogP contribution in [0.2, 0.25) is 10.0 Å². The van der Waals surface area contributed by atoms with Crippen LogP contribution in [0.4, 0.5) is 5.69 Å². The van der Waals surface area contributed by atoms with Crippen molar-refractivity contribution in [2.24, 2.45) is 0 Å². The van der Waals surface area contributed by atoms with Gasteiger partial charge in [0.05, 0.1) is 15.7 Å². The van der Waals surface area contributed by atoms with Crippen molar-refractivity contribution in [1.82, 2.24) is 0 Å². The lowest BCUT2D eigenvalue weighted by molar-refractivity contribution is 0.595. The molecule has 3 nitrogen and oxygen atoms in total. The Kier molecular flexibility index (Phi) is 4.04. The molecule has 0 heterocycles. The van der Waals surface area contributed by atoms with Gasteiger partial charge in [-0.3, -0.25) is 0 Å². The van der Waals surface area contributed by atoms with Gasteiger partial charge in [-0.05, 0) is 29.8 Å². The van der Waals surface area contributed by atoms with Crippen LogP contribution in [0.3, 0.4) is 0 Å². The van der Waals surface area contributed by atoms with Gasteiger partial charge in [0.2, 0.25) is 0 Å². The zero-order valence-electron chi connectivity index (χ0n) is 9.81. The summed E-state index contributed by atoms with van der Waals surface area (Å²) in [5, 5.41) is 0.475. The van der Waals surface area contributed by atoms with Gasteiger partial charge in [-0.2, -0.15) is 0 Å². The van der Waals surface area contributed by atoms with Crippen LogP contribution in [0.5, 0.6) is 0 Å². The lowest BCUT2D eigenvalue weighted by Gasteiger charge is -2.09. The molecule has 0 aliphatic carbocycles. The minimum Gasteiger partial charge on any atom is -0.398 e. The Bertz CT molecular complexity index is 714. The van der Waals surface area contributed by atoms with Crippen molar-refractivity contribution < 1.29 is 8.42 Å². The van der Waals surface area contributed by atoms with Crippen molar-refractivity contribution in [3.05, 3.63) is 58.1 Å². The minimum atomic E-state index is -3.59. The van der Waals surface area contributed by atoms with Crippen LogP contribution >= 0.6 is 23.2 Å². The van der Waals surface area contributed by atoms with Gasteiger partial charge in [-0.25, -0.2) is 8.42 Å². The quantitative estimate of drug-likeness (QED) is 0.881. The maximum Gasteiger partial charge on any atom is 0.184 e. The van der Waals surface area contributed by atoms with Gasteiger partial charge in [-0.15, -0.1) is 0 Å². The molecule has 0 aliphatic rings. The number of hydrogen-bond donors (Lipinski definition) is 1. The largest absolute Gasteiger partial charge is 0.398 e. The lowest BCUT2D eigenvalue weighted by atomic mass is 10.2. The fraction of sp³-hybridized carbons (Fsp3) is 0.0769. The highest BCUT2D eigenvalue weighted by Gasteiger charge is 2.20. The van der Waals surface area contributed by atoms with Crippen LogP contribution in [0.1, 0.15) is 5.56 Å². The van der Waals surface area contributed by atoms with Gasteiger partial charge >= 0.3 is 0 Å². The van der Waals surface area contributed by atoms with Gasteiger partial charge in [0, 0.05) is 10.7 Å². The first-order chi connectivity index (χ1) is 8.90. The first-order valence-corrected chi connectivity index (χ1v) is 7.82. The molecule has 0 aliphatic heterocycles. The van der Waals surface area contributed by atoms with Crippen molar-refractivity contribution in [1.29, 1.82) is 0 Å². The number of benzene rings is 2. The highest BCUT2D eigenvalue weighted by molar-refractivity contribution is 7.90. The number of para-hydroxylation sites is 1. The van der Waals surface area contributed by atoms with E-state index in [9.17, 15) is 8.42 Å². The molecule has 2 aromatic carbocycles. The van der Waals surface area contributed by atoms with Gasteiger partial charge in [0.1, 0.15) is 0 Å². The monoisotopic (exact) mass is 315 g/mol. The summed E-state index contributed by atoms with van der Waals surface area (Å²) in [6, 6.07) is 11.2. The van der Waals surface area contributed by atoms with E-state index in [0.717, 1.165) is 0 Å². The molecule has 6 heteroatoms. The molecule has 19 heavy (non-hydrogen) atoms. The summed E-state index contributed by atoms with van der Waals surface area (Å²) in [6.07, 6.45) is 0. The molecule has 0 spiro atoms. The Hall–Kier alpha value is -1.23. The first kappa shape index (κ1) is 14.2. The predicted octanol–water partition coefficient (Wildman–Crippen LogP) is 3.55. The van der Waals surface area contributed by atoms with Gasteiger partial charge in [-0.1, -0.05) is 41.4 Å². The molecule has 0 fully saturated rings. The number of nitrogen functional groups attached to an aromatic ring is 1. The molecule has 2 rings (SSSR count). The summed E-state index contributed by atoms with van der Waals surface area (Å²) >= 11 is 11.7.